The average Bonchev–Trinajstić information content (AvgIpc) is 3.36. The van der Waals surface area contributed by atoms with Crippen molar-refractivity contribution in [2.45, 2.75) is 19.1 Å². The largest absolute Gasteiger partial charge is 0.371 e. The van der Waals surface area contributed by atoms with E-state index in [9.17, 15) is 14.0 Å². The number of carbonyl (C=O) groups is 2. The van der Waals surface area contributed by atoms with Gasteiger partial charge in [0.15, 0.2) is 11.9 Å². The van der Waals surface area contributed by atoms with Crippen LogP contribution in [0.3, 0.4) is 0 Å². The minimum Gasteiger partial charge on any atom is -0.371 e. The lowest BCUT2D eigenvalue weighted by atomic mass is 10.00. The van der Waals surface area contributed by atoms with Crippen molar-refractivity contribution < 1.29 is 14.0 Å². The van der Waals surface area contributed by atoms with Crippen molar-refractivity contribution in [1.82, 2.24) is 5.32 Å². The van der Waals surface area contributed by atoms with Crippen molar-refractivity contribution in [2.75, 3.05) is 10.6 Å². The summed E-state index contributed by atoms with van der Waals surface area (Å²) in [7, 11) is 0. The highest BCUT2D eigenvalue weighted by Gasteiger charge is 2.35. The van der Waals surface area contributed by atoms with Crippen LogP contribution in [-0.4, -0.2) is 29.7 Å². The fourth-order valence-corrected chi connectivity index (χ4v) is 4.79. The average molecular weight is 499 g/mol. The van der Waals surface area contributed by atoms with Crippen LogP contribution in [0.4, 0.5) is 20.6 Å². The Labute approximate surface area is 211 Å². The first-order valence-corrected chi connectivity index (χ1v) is 12.3. The van der Waals surface area contributed by atoms with Gasteiger partial charge in [-0.2, -0.15) is 11.3 Å². The summed E-state index contributed by atoms with van der Waals surface area (Å²) in [5.41, 5.74) is 3.98. The number of nitrogens with one attached hydrogen (secondary N) is 3. The number of aliphatic imine (C=N–C) groups is 1. The third kappa shape index (κ3) is 4.89. The lowest BCUT2D eigenvalue weighted by Gasteiger charge is -2.24. The van der Waals surface area contributed by atoms with Gasteiger partial charge in [0.1, 0.15) is 11.9 Å². The Balaban J connectivity index is 1.58. The van der Waals surface area contributed by atoms with Crippen molar-refractivity contribution >= 4 is 40.2 Å². The van der Waals surface area contributed by atoms with Crippen LogP contribution >= 0.6 is 11.3 Å². The first-order chi connectivity index (χ1) is 17.5. The van der Waals surface area contributed by atoms with E-state index in [1.807, 2.05) is 54.8 Å². The molecule has 2 atom stereocenters. The topological polar surface area (TPSA) is 82.6 Å². The van der Waals surface area contributed by atoms with E-state index in [1.54, 1.807) is 35.7 Å². The van der Waals surface area contributed by atoms with Crippen LogP contribution in [0, 0.1) is 12.7 Å². The second kappa shape index (κ2) is 10.1. The number of anilines is 2. The van der Waals surface area contributed by atoms with Crippen molar-refractivity contribution in [1.29, 1.82) is 0 Å². The fourth-order valence-electron chi connectivity index (χ4n) is 4.15. The van der Waals surface area contributed by atoms with Gasteiger partial charge in [0.05, 0.1) is 5.71 Å². The summed E-state index contributed by atoms with van der Waals surface area (Å²) in [4.78, 5) is 31.4. The molecule has 2 heterocycles. The SMILES string of the molecule is Cc1cccc(NC(=O)NC2N=C(c3ccccc3F)c3ccccc3NC2C(=O)c2ccsc2)c1. The van der Waals surface area contributed by atoms with Gasteiger partial charge < -0.3 is 16.0 Å². The highest BCUT2D eigenvalue weighted by atomic mass is 32.1. The summed E-state index contributed by atoms with van der Waals surface area (Å²) in [6, 6.07) is 21.3. The third-order valence-corrected chi connectivity index (χ3v) is 6.53. The van der Waals surface area contributed by atoms with Crippen LogP contribution in [0.5, 0.6) is 0 Å². The van der Waals surface area contributed by atoms with E-state index in [-0.39, 0.29) is 11.3 Å². The van der Waals surface area contributed by atoms with Gasteiger partial charge in [-0.1, -0.05) is 42.5 Å². The molecule has 0 aliphatic carbocycles. The van der Waals surface area contributed by atoms with Gasteiger partial charge in [-0.3, -0.25) is 9.79 Å². The van der Waals surface area contributed by atoms with Crippen LogP contribution in [0.25, 0.3) is 0 Å². The maximum absolute atomic E-state index is 14.9. The normalized spacial score (nSPS) is 16.7. The number of nitrogens with zero attached hydrogens (tertiary/aromatic N) is 1. The summed E-state index contributed by atoms with van der Waals surface area (Å²) < 4.78 is 14.9. The zero-order chi connectivity index (χ0) is 25.1. The van der Waals surface area contributed by atoms with Crippen molar-refractivity contribution in [3.8, 4) is 0 Å². The highest BCUT2D eigenvalue weighted by molar-refractivity contribution is 7.08. The molecule has 1 aliphatic rings. The van der Waals surface area contributed by atoms with E-state index >= 15 is 0 Å². The summed E-state index contributed by atoms with van der Waals surface area (Å²) in [6.07, 6.45) is -1.02. The van der Waals surface area contributed by atoms with Crippen LogP contribution < -0.4 is 16.0 Å². The second-order valence-electron chi connectivity index (χ2n) is 8.41. The zero-order valence-corrected chi connectivity index (χ0v) is 20.2. The zero-order valence-electron chi connectivity index (χ0n) is 19.4. The predicted molar refractivity (Wildman–Crippen MR) is 142 cm³/mol. The lowest BCUT2D eigenvalue weighted by molar-refractivity contribution is 0.0957. The molecule has 0 saturated carbocycles. The standard InChI is InChI=1S/C28H23FN4O2S/c1-17-7-6-8-19(15-17)30-28(35)33-27-25(26(34)18-13-14-36-16-18)31-23-12-5-3-10-21(23)24(32-27)20-9-2-4-11-22(20)29/h2-16,25,27,31H,1H3,(H2,30,33,35). The number of amides is 2. The van der Waals surface area contributed by atoms with Gasteiger partial charge in [-0.15, -0.1) is 0 Å². The molecule has 3 N–H and O–H groups in total. The van der Waals surface area contributed by atoms with Gasteiger partial charge in [0.25, 0.3) is 0 Å². The number of benzodiazepines with no additional fused rings is 1. The summed E-state index contributed by atoms with van der Waals surface area (Å²) >= 11 is 1.41. The maximum Gasteiger partial charge on any atom is 0.320 e. The molecule has 5 rings (SSSR count). The number of halogens is 1. The van der Waals surface area contributed by atoms with Crippen molar-refractivity contribution in [3.63, 3.8) is 0 Å². The molecule has 180 valence electrons. The Kier molecular flexibility index (Phi) is 6.60. The van der Waals surface area contributed by atoms with Gasteiger partial charge in [-0.25, -0.2) is 9.18 Å². The van der Waals surface area contributed by atoms with Gasteiger partial charge >= 0.3 is 6.03 Å². The number of hydrogen-bond donors (Lipinski definition) is 3. The molecule has 2 amide bonds. The smallest absolute Gasteiger partial charge is 0.320 e. The molecular formula is C28H23FN4O2S. The van der Waals surface area contributed by atoms with Crippen molar-refractivity contribution in [2.24, 2.45) is 4.99 Å². The maximum atomic E-state index is 14.9. The molecular weight excluding hydrogens is 475 g/mol. The van der Waals surface area contributed by atoms with Crippen LogP contribution in [-0.2, 0) is 0 Å². The second-order valence-corrected chi connectivity index (χ2v) is 9.19. The van der Waals surface area contributed by atoms with Gasteiger partial charge in [-0.05, 0) is 54.3 Å². The molecule has 1 aromatic heterocycles. The van der Waals surface area contributed by atoms with Crippen LogP contribution in [0.2, 0.25) is 0 Å². The van der Waals surface area contributed by atoms with E-state index in [4.69, 9.17) is 4.99 Å². The van der Waals surface area contributed by atoms with E-state index in [0.717, 1.165) is 5.56 Å². The summed E-state index contributed by atoms with van der Waals surface area (Å²) in [5, 5.41) is 12.5. The Morgan fingerprint density at radius 3 is 2.50 bits per heavy atom. The Morgan fingerprint density at radius 2 is 1.75 bits per heavy atom. The number of ketones is 1. The molecule has 3 aromatic carbocycles. The van der Waals surface area contributed by atoms with Crippen LogP contribution in [0.15, 0.2) is 94.6 Å². The number of fused-ring (bicyclic) bond motifs is 1. The first-order valence-electron chi connectivity index (χ1n) is 11.4. The number of Topliss-reactive ketones (excluding diaryl/α,β-unsaturated/α-hetero) is 1. The number of thiophene rings is 1. The summed E-state index contributed by atoms with van der Waals surface area (Å²) in [5.74, 6) is -0.679. The quantitative estimate of drug-likeness (QED) is 0.302. The Bertz CT molecular complexity index is 1450. The number of benzene rings is 3. The van der Waals surface area contributed by atoms with E-state index in [1.165, 1.54) is 17.4 Å². The molecule has 36 heavy (non-hydrogen) atoms. The number of rotatable bonds is 5. The first kappa shape index (κ1) is 23.4. The van der Waals surface area contributed by atoms with Crippen molar-refractivity contribution in [3.05, 3.63) is 118 Å². The molecule has 0 saturated heterocycles. The molecule has 4 aromatic rings. The van der Waals surface area contributed by atoms with E-state index in [0.29, 0.717) is 28.2 Å². The number of aryl methyl sites for hydroxylation is 1. The third-order valence-electron chi connectivity index (χ3n) is 5.85. The molecule has 0 bridgehead atoms. The highest BCUT2D eigenvalue weighted by Crippen LogP contribution is 2.28. The molecule has 1 aliphatic heterocycles. The molecule has 0 radical (unpaired) electrons. The number of urea groups is 1. The minimum absolute atomic E-state index is 0.231. The number of carbonyl (C=O) groups excluding carboxylic acids is 2. The van der Waals surface area contributed by atoms with Gasteiger partial charge in [0, 0.05) is 33.4 Å². The van der Waals surface area contributed by atoms with Crippen LogP contribution in [0.1, 0.15) is 27.0 Å². The Morgan fingerprint density at radius 1 is 0.972 bits per heavy atom. The summed E-state index contributed by atoms with van der Waals surface area (Å²) in [6.45, 7) is 1.93. The molecule has 8 heteroatoms. The van der Waals surface area contributed by atoms with Gasteiger partial charge in [0.2, 0.25) is 0 Å². The monoisotopic (exact) mass is 498 g/mol. The fraction of sp³-hybridized carbons (Fsp3) is 0.107. The molecule has 0 fully saturated rings. The lowest BCUT2D eigenvalue weighted by Crippen LogP contribution is -2.50. The Hall–Kier alpha value is -4.30. The van der Waals surface area contributed by atoms with E-state index < -0.39 is 24.1 Å². The minimum atomic E-state index is -1.02. The number of hydrogen-bond acceptors (Lipinski definition) is 5. The predicted octanol–water partition coefficient (Wildman–Crippen LogP) is 5.86. The number of para-hydroxylation sites is 1. The van der Waals surface area contributed by atoms with E-state index in [2.05, 4.69) is 16.0 Å². The molecule has 6 nitrogen and oxygen atoms in total. The molecule has 0 spiro atoms. The molecule has 2 unspecified atom stereocenters.